The second-order valence-electron chi connectivity index (χ2n) is 2.50. The molecule has 0 aromatic carbocycles. The minimum absolute atomic E-state index is 0.0423. The Morgan fingerprint density at radius 3 is 2.30 bits per heavy atom. The summed E-state index contributed by atoms with van der Waals surface area (Å²) in [7, 11) is 0. The Labute approximate surface area is 63.1 Å². The van der Waals surface area contributed by atoms with Crippen molar-refractivity contribution in [1.82, 2.24) is 0 Å². The zero-order valence-electron chi connectivity index (χ0n) is 5.80. The summed E-state index contributed by atoms with van der Waals surface area (Å²) < 4.78 is 10.9. The van der Waals surface area contributed by atoms with Crippen LogP contribution in [0.4, 0.5) is 3.89 Å². The highest BCUT2D eigenvalue weighted by Crippen LogP contribution is 2.27. The van der Waals surface area contributed by atoms with Crippen LogP contribution in [-0.4, -0.2) is 21.9 Å². The molecule has 0 aliphatic heterocycles. The van der Waals surface area contributed by atoms with Gasteiger partial charge in [0.25, 0.3) is 0 Å². The molecular formula is C5H10FNO2S. The van der Waals surface area contributed by atoms with Crippen molar-refractivity contribution in [3.8, 4) is 0 Å². The number of hydrogen-bond donors (Lipinski definition) is 2. The zero-order chi connectivity index (χ0) is 8.36. The fraction of sp³-hybridized carbons (Fsp3) is 0.800. The number of rotatable bonds is 3. The second kappa shape index (κ2) is 3.21. The van der Waals surface area contributed by atoms with Gasteiger partial charge in [0.2, 0.25) is 0 Å². The van der Waals surface area contributed by atoms with E-state index >= 15 is 0 Å². The van der Waals surface area contributed by atoms with E-state index in [0.29, 0.717) is 0 Å². The monoisotopic (exact) mass is 167 g/mol. The van der Waals surface area contributed by atoms with Gasteiger partial charge in [-0.2, -0.15) is 3.89 Å². The molecule has 0 aromatic rings. The Kier molecular flexibility index (Phi) is 3.11. The van der Waals surface area contributed by atoms with Gasteiger partial charge in [-0.1, -0.05) is 0 Å². The van der Waals surface area contributed by atoms with Crippen LogP contribution >= 0.6 is 12.1 Å². The summed E-state index contributed by atoms with van der Waals surface area (Å²) >= 11 is -0.0423. The number of hydrogen-bond acceptors (Lipinski definition) is 3. The van der Waals surface area contributed by atoms with Gasteiger partial charge < -0.3 is 10.8 Å². The van der Waals surface area contributed by atoms with Crippen LogP contribution in [0.5, 0.6) is 0 Å². The molecule has 0 heterocycles. The highest BCUT2D eigenvalue weighted by Gasteiger charge is 2.33. The molecule has 0 spiro atoms. The van der Waals surface area contributed by atoms with Gasteiger partial charge in [-0.05, 0) is 13.8 Å². The third-order valence-electron chi connectivity index (χ3n) is 1.21. The van der Waals surface area contributed by atoms with Crippen molar-refractivity contribution in [3.63, 3.8) is 0 Å². The van der Waals surface area contributed by atoms with E-state index in [1.165, 1.54) is 13.8 Å². The molecule has 0 saturated carbocycles. The van der Waals surface area contributed by atoms with Crippen molar-refractivity contribution >= 4 is 18.1 Å². The first kappa shape index (κ1) is 9.71. The number of halogens is 1. The fourth-order valence-corrected chi connectivity index (χ4v) is 0.542. The predicted octanol–water partition coefficient (Wildman–Crippen LogP) is 0.795. The average Bonchev–Trinajstić information content (AvgIpc) is 1.86. The molecule has 1 atom stereocenters. The molecule has 10 heavy (non-hydrogen) atoms. The minimum atomic E-state index is -1.19. The first-order chi connectivity index (χ1) is 4.41. The van der Waals surface area contributed by atoms with Gasteiger partial charge >= 0.3 is 5.97 Å². The molecule has 3 nitrogen and oxygen atoms in total. The lowest BCUT2D eigenvalue weighted by molar-refractivity contribution is -0.139. The normalized spacial score (nSPS) is 14.8. The molecule has 0 saturated heterocycles. The molecule has 3 N–H and O–H groups in total. The van der Waals surface area contributed by atoms with Gasteiger partial charge in [-0.3, -0.25) is 4.79 Å². The standard InChI is InChI=1S/C5H10FNO2S/c1-5(2,10-6)3(7)4(8)9/h3H,7H2,1-2H3,(H,8,9). The number of nitrogens with two attached hydrogens (primary N) is 1. The van der Waals surface area contributed by atoms with Crippen molar-refractivity contribution in [2.75, 3.05) is 0 Å². The number of carbonyl (C=O) groups is 1. The van der Waals surface area contributed by atoms with Gasteiger partial charge in [0.05, 0.1) is 16.9 Å². The summed E-state index contributed by atoms with van der Waals surface area (Å²) in [6.45, 7) is 2.88. The van der Waals surface area contributed by atoms with E-state index in [1.807, 2.05) is 0 Å². The van der Waals surface area contributed by atoms with E-state index in [4.69, 9.17) is 10.8 Å². The SMILES string of the molecule is CC(C)(SF)C(N)C(=O)O. The largest absolute Gasteiger partial charge is 0.480 e. The summed E-state index contributed by atoms with van der Waals surface area (Å²) in [6.07, 6.45) is 0. The summed E-state index contributed by atoms with van der Waals surface area (Å²) in [5, 5.41) is 8.34. The fourth-order valence-electron chi connectivity index (χ4n) is 0.345. The third-order valence-corrected chi connectivity index (χ3v) is 1.87. The topological polar surface area (TPSA) is 63.3 Å². The lowest BCUT2D eigenvalue weighted by Gasteiger charge is -2.22. The van der Waals surface area contributed by atoms with E-state index in [-0.39, 0.29) is 12.1 Å². The highest BCUT2D eigenvalue weighted by molar-refractivity contribution is 7.95. The Hall–Kier alpha value is -0.290. The molecule has 0 aliphatic carbocycles. The maximum absolute atomic E-state index is 12.0. The molecule has 0 radical (unpaired) electrons. The molecule has 0 aliphatic rings. The molecule has 0 fully saturated rings. The highest BCUT2D eigenvalue weighted by atomic mass is 32.2. The van der Waals surface area contributed by atoms with Crippen molar-refractivity contribution in [2.24, 2.45) is 5.73 Å². The van der Waals surface area contributed by atoms with E-state index < -0.39 is 16.8 Å². The number of carboxylic acid groups (broad SMARTS) is 1. The molecule has 60 valence electrons. The second-order valence-corrected chi connectivity index (χ2v) is 3.70. The van der Waals surface area contributed by atoms with Gasteiger partial charge in [0, 0.05) is 0 Å². The molecule has 0 aromatic heterocycles. The molecule has 0 rings (SSSR count). The Balaban J connectivity index is 4.17. The van der Waals surface area contributed by atoms with Crippen LogP contribution in [-0.2, 0) is 4.79 Å². The third kappa shape index (κ3) is 2.15. The van der Waals surface area contributed by atoms with E-state index in [0.717, 1.165) is 0 Å². The quantitative estimate of drug-likeness (QED) is 0.652. The van der Waals surface area contributed by atoms with E-state index in [1.54, 1.807) is 0 Å². The van der Waals surface area contributed by atoms with Crippen LogP contribution in [0.2, 0.25) is 0 Å². The average molecular weight is 167 g/mol. The first-order valence-electron chi connectivity index (χ1n) is 2.70. The van der Waals surface area contributed by atoms with Crippen LogP contribution in [0.1, 0.15) is 13.8 Å². The van der Waals surface area contributed by atoms with Crippen molar-refractivity contribution in [1.29, 1.82) is 0 Å². The number of carboxylic acids is 1. The molecular weight excluding hydrogens is 157 g/mol. The zero-order valence-corrected chi connectivity index (χ0v) is 6.61. The van der Waals surface area contributed by atoms with Gasteiger partial charge in [0.1, 0.15) is 6.04 Å². The molecule has 1 unspecified atom stereocenters. The summed E-state index contributed by atoms with van der Waals surface area (Å²) in [5.74, 6) is -1.19. The Bertz CT molecular complexity index is 140. The summed E-state index contributed by atoms with van der Waals surface area (Å²) in [4.78, 5) is 10.2. The van der Waals surface area contributed by atoms with Crippen LogP contribution in [0.15, 0.2) is 0 Å². The van der Waals surface area contributed by atoms with Gasteiger partial charge in [-0.15, -0.1) is 0 Å². The van der Waals surface area contributed by atoms with Crippen molar-refractivity contribution < 1.29 is 13.8 Å². The molecule has 0 amide bonds. The minimum Gasteiger partial charge on any atom is -0.480 e. The van der Waals surface area contributed by atoms with Crippen LogP contribution in [0.3, 0.4) is 0 Å². The maximum Gasteiger partial charge on any atom is 0.322 e. The summed E-state index contributed by atoms with van der Waals surface area (Å²) in [5.41, 5.74) is 5.14. The maximum atomic E-state index is 12.0. The predicted molar refractivity (Wildman–Crippen MR) is 38.4 cm³/mol. The van der Waals surface area contributed by atoms with Crippen molar-refractivity contribution in [2.45, 2.75) is 24.6 Å². The van der Waals surface area contributed by atoms with E-state index in [9.17, 15) is 8.68 Å². The first-order valence-corrected chi connectivity index (χ1v) is 3.41. The van der Waals surface area contributed by atoms with Crippen molar-refractivity contribution in [3.05, 3.63) is 0 Å². The van der Waals surface area contributed by atoms with E-state index in [2.05, 4.69) is 0 Å². The van der Waals surface area contributed by atoms with Gasteiger partial charge in [-0.25, -0.2) is 0 Å². The molecule has 0 bridgehead atoms. The lowest BCUT2D eigenvalue weighted by atomic mass is 10.1. The van der Waals surface area contributed by atoms with Gasteiger partial charge in [0.15, 0.2) is 0 Å². The lowest BCUT2D eigenvalue weighted by Crippen LogP contribution is -2.46. The number of aliphatic carboxylic acids is 1. The Morgan fingerprint density at radius 2 is 2.20 bits per heavy atom. The summed E-state index contributed by atoms with van der Waals surface area (Å²) in [6, 6.07) is -1.16. The molecule has 5 heteroatoms. The smallest absolute Gasteiger partial charge is 0.322 e. The van der Waals surface area contributed by atoms with Crippen LogP contribution < -0.4 is 5.73 Å². The Morgan fingerprint density at radius 1 is 1.80 bits per heavy atom. The van der Waals surface area contributed by atoms with Crippen LogP contribution in [0.25, 0.3) is 0 Å². The van der Waals surface area contributed by atoms with Crippen LogP contribution in [0, 0.1) is 0 Å².